The molecular formula is C32H37ClN4O4S. The number of methoxy groups -OCH3 is 2. The van der Waals surface area contributed by atoms with E-state index >= 15 is 0 Å². The highest BCUT2D eigenvalue weighted by atomic mass is 35.5. The van der Waals surface area contributed by atoms with Gasteiger partial charge in [-0.25, -0.2) is 0 Å². The van der Waals surface area contributed by atoms with Gasteiger partial charge in [-0.2, -0.15) is 0 Å². The molecule has 4 bridgehead atoms. The van der Waals surface area contributed by atoms with Gasteiger partial charge in [0.25, 0.3) is 0 Å². The molecular weight excluding hydrogens is 572 g/mol. The molecule has 3 aromatic rings. The fraction of sp³-hybridized carbons (Fsp3) is 0.500. The topological polar surface area (TPSA) is 93.6 Å². The van der Waals surface area contributed by atoms with Crippen LogP contribution in [0.3, 0.4) is 0 Å². The molecule has 8 nitrogen and oxygen atoms in total. The van der Waals surface area contributed by atoms with Gasteiger partial charge < -0.3 is 19.7 Å². The van der Waals surface area contributed by atoms with Crippen molar-refractivity contribution < 1.29 is 19.1 Å². The Morgan fingerprint density at radius 1 is 0.952 bits per heavy atom. The molecule has 1 heterocycles. The standard InChI is InChI=1S/C32H37ClN4O4S/c1-40-26-8-3-20(16-27(26)41-2)9-11-37(30(39)32-17-21-13-22(18-32)15-23(14-21)19-32)12-10-28(38)34-31-36-35-29(42-31)24-4-6-25(33)7-5-24/h3-8,16,21-23H,9-15,17-19H2,1-2H3,(H,34,36,38). The van der Waals surface area contributed by atoms with Gasteiger partial charge in [-0.15, -0.1) is 10.2 Å². The first kappa shape index (κ1) is 28.9. The number of benzene rings is 2. The van der Waals surface area contributed by atoms with E-state index in [1.165, 1.54) is 30.6 Å². The third-order valence-corrected chi connectivity index (χ3v) is 10.4. The summed E-state index contributed by atoms with van der Waals surface area (Å²) in [6.45, 7) is 0.908. The van der Waals surface area contributed by atoms with E-state index in [4.69, 9.17) is 21.1 Å². The lowest BCUT2D eigenvalue weighted by Crippen LogP contribution is -2.55. The lowest BCUT2D eigenvalue weighted by atomic mass is 9.49. The molecule has 2 amide bonds. The largest absolute Gasteiger partial charge is 0.493 e. The molecule has 4 aliphatic carbocycles. The van der Waals surface area contributed by atoms with Crippen molar-refractivity contribution in [3.63, 3.8) is 0 Å². The van der Waals surface area contributed by atoms with Crippen LogP contribution < -0.4 is 14.8 Å². The first-order valence-electron chi connectivity index (χ1n) is 14.7. The Kier molecular flexibility index (Phi) is 8.41. The fourth-order valence-electron chi connectivity index (χ4n) is 7.72. The van der Waals surface area contributed by atoms with Crippen LogP contribution in [0.25, 0.3) is 10.6 Å². The summed E-state index contributed by atoms with van der Waals surface area (Å²) < 4.78 is 10.9. The molecule has 10 heteroatoms. The maximum absolute atomic E-state index is 14.3. The number of carbonyl (C=O) groups excluding carboxylic acids is 2. The van der Waals surface area contributed by atoms with E-state index in [2.05, 4.69) is 15.5 Å². The normalized spacial score (nSPS) is 23.9. The van der Waals surface area contributed by atoms with Crippen molar-refractivity contribution in [2.75, 3.05) is 32.6 Å². The smallest absolute Gasteiger partial charge is 0.228 e. The van der Waals surface area contributed by atoms with E-state index in [0.717, 1.165) is 30.4 Å². The Bertz CT molecular complexity index is 1410. The second kappa shape index (κ2) is 12.2. The molecule has 1 aromatic heterocycles. The summed E-state index contributed by atoms with van der Waals surface area (Å²) in [6.07, 6.45) is 7.68. The number of hydrogen-bond acceptors (Lipinski definition) is 7. The van der Waals surface area contributed by atoms with E-state index in [-0.39, 0.29) is 23.7 Å². The zero-order chi connectivity index (χ0) is 29.3. The number of ether oxygens (including phenoxy) is 2. The monoisotopic (exact) mass is 608 g/mol. The lowest BCUT2D eigenvalue weighted by Gasteiger charge is -2.56. The van der Waals surface area contributed by atoms with Gasteiger partial charge in [-0.05, 0) is 92.5 Å². The molecule has 7 rings (SSSR count). The van der Waals surface area contributed by atoms with Crippen LogP contribution in [0.2, 0.25) is 5.02 Å². The molecule has 0 atom stereocenters. The highest BCUT2D eigenvalue weighted by molar-refractivity contribution is 7.18. The summed E-state index contributed by atoms with van der Waals surface area (Å²) in [7, 11) is 3.24. The van der Waals surface area contributed by atoms with Gasteiger partial charge in [0.15, 0.2) is 11.5 Å². The van der Waals surface area contributed by atoms with Crippen LogP contribution in [-0.2, 0) is 16.0 Å². The van der Waals surface area contributed by atoms with E-state index in [1.807, 2.05) is 35.2 Å². The lowest BCUT2D eigenvalue weighted by molar-refractivity contribution is -0.157. The first-order chi connectivity index (χ1) is 20.3. The number of anilines is 1. The molecule has 0 saturated heterocycles. The van der Waals surface area contributed by atoms with Gasteiger partial charge in [-0.1, -0.05) is 41.1 Å². The Morgan fingerprint density at radius 3 is 2.26 bits per heavy atom. The Balaban J connectivity index is 1.14. The molecule has 0 unspecified atom stereocenters. The highest BCUT2D eigenvalue weighted by Crippen LogP contribution is 2.60. The van der Waals surface area contributed by atoms with Gasteiger partial charge in [0.1, 0.15) is 5.01 Å². The summed E-state index contributed by atoms with van der Waals surface area (Å²) >= 11 is 7.31. The van der Waals surface area contributed by atoms with Crippen molar-refractivity contribution in [3.05, 3.63) is 53.1 Å². The van der Waals surface area contributed by atoms with Crippen LogP contribution in [-0.4, -0.2) is 54.2 Å². The number of nitrogens with zero attached hydrogens (tertiary/aromatic N) is 3. The molecule has 4 fully saturated rings. The zero-order valence-electron chi connectivity index (χ0n) is 24.1. The van der Waals surface area contributed by atoms with Crippen LogP contribution in [0.15, 0.2) is 42.5 Å². The zero-order valence-corrected chi connectivity index (χ0v) is 25.7. The number of carbonyl (C=O) groups is 2. The number of nitrogens with one attached hydrogen (secondary N) is 1. The number of aromatic nitrogens is 2. The van der Waals surface area contributed by atoms with Gasteiger partial charge in [0.2, 0.25) is 16.9 Å². The third kappa shape index (κ3) is 6.13. The second-order valence-corrected chi connectivity index (χ2v) is 13.6. The summed E-state index contributed by atoms with van der Waals surface area (Å²) in [5, 5.41) is 13.0. The van der Waals surface area contributed by atoms with Crippen LogP contribution in [0.5, 0.6) is 11.5 Å². The van der Waals surface area contributed by atoms with Crippen molar-refractivity contribution in [1.29, 1.82) is 0 Å². The van der Waals surface area contributed by atoms with Gasteiger partial charge in [0.05, 0.1) is 19.6 Å². The van der Waals surface area contributed by atoms with Crippen molar-refractivity contribution in [1.82, 2.24) is 15.1 Å². The van der Waals surface area contributed by atoms with E-state index in [9.17, 15) is 9.59 Å². The SMILES string of the molecule is COc1ccc(CCN(CCC(=O)Nc2nnc(-c3ccc(Cl)cc3)s2)C(=O)C23CC4CC(CC(C4)C2)C3)cc1OC. The van der Waals surface area contributed by atoms with Crippen molar-refractivity contribution in [3.8, 4) is 22.1 Å². The van der Waals surface area contributed by atoms with Crippen molar-refractivity contribution in [2.24, 2.45) is 23.2 Å². The highest BCUT2D eigenvalue weighted by Gasteiger charge is 2.55. The van der Waals surface area contributed by atoms with Crippen LogP contribution in [0, 0.1) is 23.2 Å². The second-order valence-electron chi connectivity index (χ2n) is 12.1. The number of rotatable bonds is 11. The maximum atomic E-state index is 14.3. The first-order valence-corrected chi connectivity index (χ1v) is 15.9. The van der Waals surface area contributed by atoms with Gasteiger partial charge in [0, 0.05) is 30.1 Å². The predicted octanol–water partition coefficient (Wildman–Crippen LogP) is 6.49. The molecule has 42 heavy (non-hydrogen) atoms. The van der Waals surface area contributed by atoms with E-state index in [0.29, 0.717) is 63.9 Å². The fourth-order valence-corrected chi connectivity index (χ4v) is 8.62. The molecule has 0 spiro atoms. The number of amides is 2. The Labute approximate surface area is 255 Å². The van der Waals surface area contributed by atoms with E-state index < -0.39 is 0 Å². The quantitative estimate of drug-likeness (QED) is 0.267. The van der Waals surface area contributed by atoms with Gasteiger partial charge in [-0.3, -0.25) is 9.59 Å². The maximum Gasteiger partial charge on any atom is 0.228 e. The van der Waals surface area contributed by atoms with Crippen LogP contribution in [0.1, 0.15) is 50.5 Å². The molecule has 0 aliphatic heterocycles. The molecule has 1 N–H and O–H groups in total. The molecule has 4 saturated carbocycles. The van der Waals surface area contributed by atoms with Crippen molar-refractivity contribution in [2.45, 2.75) is 51.4 Å². The summed E-state index contributed by atoms with van der Waals surface area (Å²) in [5.74, 6) is 3.41. The minimum Gasteiger partial charge on any atom is -0.493 e. The average Bonchev–Trinajstić information content (AvgIpc) is 3.44. The third-order valence-electron chi connectivity index (χ3n) is 9.27. The van der Waals surface area contributed by atoms with Gasteiger partial charge >= 0.3 is 0 Å². The van der Waals surface area contributed by atoms with Crippen molar-refractivity contribution >= 4 is 39.9 Å². The molecule has 222 valence electrons. The summed E-state index contributed by atoms with van der Waals surface area (Å²) in [4.78, 5) is 29.3. The molecule has 0 radical (unpaired) electrons. The Hall–Kier alpha value is -3.17. The Morgan fingerprint density at radius 2 is 1.62 bits per heavy atom. The molecule has 2 aromatic carbocycles. The van der Waals surface area contributed by atoms with E-state index in [1.54, 1.807) is 26.4 Å². The van der Waals surface area contributed by atoms with Crippen LogP contribution in [0.4, 0.5) is 5.13 Å². The number of halogens is 1. The summed E-state index contributed by atoms with van der Waals surface area (Å²) in [6, 6.07) is 13.2. The average molecular weight is 609 g/mol. The van der Waals surface area contributed by atoms with Crippen LogP contribution >= 0.6 is 22.9 Å². The summed E-state index contributed by atoms with van der Waals surface area (Å²) in [5.41, 5.74) is 1.68. The minimum absolute atomic E-state index is 0.178. The molecule has 4 aliphatic rings. The minimum atomic E-state index is -0.268. The number of hydrogen-bond donors (Lipinski definition) is 1. The predicted molar refractivity (Wildman–Crippen MR) is 164 cm³/mol.